The summed E-state index contributed by atoms with van der Waals surface area (Å²) in [4.78, 5) is 35.8. The second kappa shape index (κ2) is 9.37. The van der Waals surface area contributed by atoms with Crippen LogP contribution in [0.25, 0.3) is 11.0 Å². The number of nitrogens with zero attached hydrogens (tertiary/aromatic N) is 1. The number of H-pyrrole nitrogens is 2. The van der Waals surface area contributed by atoms with Crippen LogP contribution in [0.5, 0.6) is 11.6 Å². The number of furan rings is 1. The van der Waals surface area contributed by atoms with Crippen molar-refractivity contribution in [3.8, 4) is 11.6 Å². The topological polar surface area (TPSA) is 144 Å². The van der Waals surface area contributed by atoms with Gasteiger partial charge in [0.2, 0.25) is 5.88 Å². The van der Waals surface area contributed by atoms with E-state index in [9.17, 15) is 9.59 Å². The monoisotopic (exact) mass is 521 g/mol. The zero-order chi connectivity index (χ0) is 25.5. The van der Waals surface area contributed by atoms with E-state index >= 15 is 0 Å². The first-order valence-corrected chi connectivity index (χ1v) is 12.5. The Morgan fingerprint density at radius 3 is 2.97 bits per heavy atom. The van der Waals surface area contributed by atoms with Crippen LogP contribution in [-0.2, 0) is 9.53 Å². The number of rotatable bonds is 6. The maximum atomic E-state index is 13.0. The van der Waals surface area contributed by atoms with Crippen molar-refractivity contribution in [1.29, 1.82) is 0 Å². The van der Waals surface area contributed by atoms with Crippen molar-refractivity contribution in [3.63, 3.8) is 0 Å². The SMILES string of the molecule is CCOC(=O)Oc1[nH]cc2c1NC1=C(C(=O)CNC1)C2c1ccc(Sc2nc3ccc(OC)cc3[nH]2)o1. The Morgan fingerprint density at radius 1 is 1.24 bits per heavy atom. The molecule has 0 aliphatic carbocycles. The molecule has 37 heavy (non-hydrogen) atoms. The Morgan fingerprint density at radius 2 is 2.14 bits per heavy atom. The number of fused-ring (bicyclic) bond motifs is 2. The van der Waals surface area contributed by atoms with Gasteiger partial charge in [0.25, 0.3) is 0 Å². The predicted octanol–water partition coefficient (Wildman–Crippen LogP) is 4.16. The molecule has 2 aliphatic rings. The van der Waals surface area contributed by atoms with Crippen molar-refractivity contribution < 1.29 is 28.2 Å². The van der Waals surface area contributed by atoms with Gasteiger partial charge in [0, 0.05) is 35.6 Å². The highest BCUT2D eigenvalue weighted by Gasteiger charge is 2.39. The predicted molar refractivity (Wildman–Crippen MR) is 134 cm³/mol. The van der Waals surface area contributed by atoms with Crippen LogP contribution in [-0.4, -0.2) is 53.7 Å². The second-order valence-corrected chi connectivity index (χ2v) is 9.39. The maximum absolute atomic E-state index is 13.0. The van der Waals surface area contributed by atoms with Gasteiger partial charge in [0.15, 0.2) is 16.0 Å². The number of carbonyl (C=O) groups excluding carboxylic acids is 2. The molecule has 3 aromatic heterocycles. The van der Waals surface area contributed by atoms with Crippen molar-refractivity contribution in [2.75, 3.05) is 32.1 Å². The Balaban J connectivity index is 1.33. The normalized spacial score (nSPS) is 16.8. The number of benzene rings is 1. The Labute approximate surface area is 214 Å². The van der Waals surface area contributed by atoms with Crippen LogP contribution in [0.1, 0.15) is 24.2 Å². The van der Waals surface area contributed by atoms with E-state index in [1.807, 2.05) is 30.3 Å². The molecule has 0 bridgehead atoms. The van der Waals surface area contributed by atoms with Crippen LogP contribution in [0.3, 0.4) is 0 Å². The molecule has 0 saturated heterocycles. The molecule has 4 aromatic rings. The van der Waals surface area contributed by atoms with E-state index in [4.69, 9.17) is 18.6 Å². The fourth-order valence-electron chi connectivity index (χ4n) is 4.58. The van der Waals surface area contributed by atoms with Crippen LogP contribution in [0.15, 0.2) is 62.5 Å². The maximum Gasteiger partial charge on any atom is 0.515 e. The number of ketones is 1. The molecule has 0 fully saturated rings. The van der Waals surface area contributed by atoms with Gasteiger partial charge in [0.05, 0.1) is 37.2 Å². The highest BCUT2D eigenvalue weighted by molar-refractivity contribution is 7.99. The highest BCUT2D eigenvalue weighted by atomic mass is 32.2. The van der Waals surface area contributed by atoms with Crippen molar-refractivity contribution >= 4 is 40.4 Å². The summed E-state index contributed by atoms with van der Waals surface area (Å²) in [5.41, 5.74) is 4.29. The summed E-state index contributed by atoms with van der Waals surface area (Å²) in [5, 5.41) is 7.64. The van der Waals surface area contributed by atoms with Gasteiger partial charge >= 0.3 is 6.16 Å². The van der Waals surface area contributed by atoms with Crippen molar-refractivity contribution in [1.82, 2.24) is 20.3 Å². The summed E-state index contributed by atoms with van der Waals surface area (Å²) < 4.78 is 21.8. The van der Waals surface area contributed by atoms with E-state index in [2.05, 4.69) is 25.6 Å². The van der Waals surface area contributed by atoms with Gasteiger partial charge in [-0.25, -0.2) is 9.78 Å². The summed E-state index contributed by atoms with van der Waals surface area (Å²) in [6.07, 6.45) is 0.895. The quantitative estimate of drug-likeness (QED) is 0.273. The Kier molecular flexibility index (Phi) is 5.89. The van der Waals surface area contributed by atoms with Crippen LogP contribution >= 0.6 is 11.8 Å². The average Bonchev–Trinajstić information content (AvgIpc) is 3.61. The summed E-state index contributed by atoms with van der Waals surface area (Å²) in [7, 11) is 1.62. The van der Waals surface area contributed by atoms with Gasteiger partial charge in [-0.1, -0.05) is 0 Å². The van der Waals surface area contributed by atoms with Crippen molar-refractivity contribution in [2.24, 2.45) is 0 Å². The van der Waals surface area contributed by atoms with Gasteiger partial charge in [-0.15, -0.1) is 0 Å². The number of carbonyl (C=O) groups is 2. The number of aromatic amines is 2. The molecular weight excluding hydrogens is 498 g/mol. The summed E-state index contributed by atoms with van der Waals surface area (Å²) in [5.74, 6) is 1.03. The fourth-order valence-corrected chi connectivity index (χ4v) is 5.34. The molecule has 1 aromatic carbocycles. The minimum atomic E-state index is -0.816. The number of hydrogen-bond donors (Lipinski definition) is 4. The molecule has 1 atom stereocenters. The van der Waals surface area contributed by atoms with Gasteiger partial charge in [-0.05, 0) is 43.0 Å². The molecule has 1 unspecified atom stereocenters. The Bertz CT molecular complexity index is 1550. The molecule has 190 valence electrons. The molecule has 11 nitrogen and oxygen atoms in total. The molecule has 0 amide bonds. The number of nitrogens with one attached hydrogen (secondary N) is 4. The standard InChI is InChI=1S/C25H23N5O6S/c1-3-34-25(32)36-23-22-13(9-27-23)20(21-16(28-22)10-26-11-17(21)31)18-6-7-19(35-18)37-24-29-14-5-4-12(33-2)8-15(14)30-24/h4-9,20,26-28H,3,10-11H2,1-2H3,(H,29,30). The first-order valence-electron chi connectivity index (χ1n) is 11.6. The molecule has 6 rings (SSSR count). The lowest BCUT2D eigenvalue weighted by Crippen LogP contribution is -2.39. The van der Waals surface area contributed by atoms with Gasteiger partial charge in [0.1, 0.15) is 17.2 Å². The number of methoxy groups -OCH3 is 1. The van der Waals surface area contributed by atoms with E-state index in [-0.39, 0.29) is 24.8 Å². The number of imidazole rings is 1. The molecule has 0 radical (unpaired) electrons. The summed E-state index contributed by atoms with van der Waals surface area (Å²) >= 11 is 1.35. The number of Topliss-reactive ketones (excluding diaryl/α,β-unsaturated/α-hetero) is 1. The van der Waals surface area contributed by atoms with Crippen LogP contribution in [0.4, 0.5) is 10.5 Å². The Hall–Kier alpha value is -4.16. The summed E-state index contributed by atoms with van der Waals surface area (Å²) in [6.45, 7) is 2.58. The van der Waals surface area contributed by atoms with Gasteiger partial charge < -0.3 is 39.2 Å². The minimum absolute atomic E-state index is 0.0321. The number of anilines is 1. The lowest BCUT2D eigenvalue weighted by molar-refractivity contribution is -0.115. The highest BCUT2D eigenvalue weighted by Crippen LogP contribution is 2.47. The van der Waals surface area contributed by atoms with E-state index in [0.29, 0.717) is 39.5 Å². The average molecular weight is 522 g/mol. The van der Waals surface area contributed by atoms with Gasteiger partial charge in [-0.2, -0.15) is 0 Å². The lowest BCUT2D eigenvalue weighted by Gasteiger charge is -2.31. The van der Waals surface area contributed by atoms with Crippen LogP contribution in [0, 0.1) is 0 Å². The smallest absolute Gasteiger partial charge is 0.497 e. The third kappa shape index (κ3) is 4.23. The molecule has 5 heterocycles. The number of aromatic nitrogens is 3. The number of ether oxygens (including phenoxy) is 3. The zero-order valence-electron chi connectivity index (χ0n) is 20.0. The van der Waals surface area contributed by atoms with Crippen molar-refractivity contribution in [3.05, 3.63) is 59.1 Å². The first kappa shape index (κ1) is 23.3. The lowest BCUT2D eigenvalue weighted by atomic mass is 9.82. The molecule has 4 N–H and O–H groups in total. The molecular formula is C25H23N5O6S. The third-order valence-corrected chi connectivity index (χ3v) is 6.97. The van der Waals surface area contributed by atoms with E-state index in [0.717, 1.165) is 22.3 Å². The van der Waals surface area contributed by atoms with Gasteiger partial charge in [-0.3, -0.25) is 4.79 Å². The van der Waals surface area contributed by atoms with Crippen molar-refractivity contribution in [2.45, 2.75) is 23.1 Å². The first-order chi connectivity index (χ1) is 18.0. The minimum Gasteiger partial charge on any atom is -0.497 e. The largest absolute Gasteiger partial charge is 0.515 e. The summed E-state index contributed by atoms with van der Waals surface area (Å²) in [6, 6.07) is 9.33. The molecule has 0 saturated carbocycles. The third-order valence-electron chi connectivity index (χ3n) is 6.16. The van der Waals surface area contributed by atoms with Crippen LogP contribution < -0.4 is 20.1 Å². The second-order valence-electron chi connectivity index (χ2n) is 8.39. The number of hydrogen-bond acceptors (Lipinski definition) is 10. The van der Waals surface area contributed by atoms with E-state index in [1.165, 1.54) is 11.8 Å². The van der Waals surface area contributed by atoms with E-state index < -0.39 is 12.1 Å². The fraction of sp³-hybridized carbons (Fsp3) is 0.240. The molecule has 2 aliphatic heterocycles. The molecule has 12 heteroatoms. The zero-order valence-corrected chi connectivity index (χ0v) is 20.8. The van der Waals surface area contributed by atoms with E-state index in [1.54, 1.807) is 20.2 Å². The molecule has 0 spiro atoms. The van der Waals surface area contributed by atoms with Crippen LogP contribution in [0.2, 0.25) is 0 Å².